The van der Waals surface area contributed by atoms with Crippen LogP contribution in [0.15, 0.2) is 24.3 Å². The Balaban J connectivity index is 2.70. The summed E-state index contributed by atoms with van der Waals surface area (Å²) in [5.41, 5.74) is 1.22. The highest BCUT2D eigenvalue weighted by Crippen LogP contribution is 2.20. The Morgan fingerprint density at radius 1 is 1.22 bits per heavy atom. The number of rotatable bonds is 9. The number of hydrogen-bond acceptors (Lipinski definition) is 3. The SMILES string of the molecule is CCCNC(COC)c1cccc(OCCC)c1. The summed E-state index contributed by atoms with van der Waals surface area (Å²) >= 11 is 0. The van der Waals surface area contributed by atoms with Gasteiger partial charge in [-0.05, 0) is 37.1 Å². The largest absolute Gasteiger partial charge is 0.494 e. The normalized spacial score (nSPS) is 12.4. The van der Waals surface area contributed by atoms with Gasteiger partial charge in [0.05, 0.1) is 19.3 Å². The lowest BCUT2D eigenvalue weighted by molar-refractivity contribution is 0.167. The summed E-state index contributed by atoms with van der Waals surface area (Å²) in [6.45, 7) is 6.71. The van der Waals surface area contributed by atoms with E-state index >= 15 is 0 Å². The smallest absolute Gasteiger partial charge is 0.119 e. The molecular formula is C15H25NO2. The molecule has 0 aliphatic rings. The Hall–Kier alpha value is -1.06. The molecule has 1 aromatic rings. The van der Waals surface area contributed by atoms with E-state index in [1.807, 2.05) is 12.1 Å². The van der Waals surface area contributed by atoms with Crippen LogP contribution in [0.4, 0.5) is 0 Å². The van der Waals surface area contributed by atoms with Gasteiger partial charge in [0.2, 0.25) is 0 Å². The molecule has 0 saturated carbocycles. The van der Waals surface area contributed by atoms with Gasteiger partial charge in [-0.25, -0.2) is 0 Å². The Kier molecular flexibility index (Phi) is 7.46. The van der Waals surface area contributed by atoms with Crippen molar-refractivity contribution in [3.8, 4) is 5.75 Å². The summed E-state index contributed by atoms with van der Waals surface area (Å²) in [4.78, 5) is 0. The fourth-order valence-electron chi connectivity index (χ4n) is 1.80. The Morgan fingerprint density at radius 3 is 2.72 bits per heavy atom. The fraction of sp³-hybridized carbons (Fsp3) is 0.600. The summed E-state index contributed by atoms with van der Waals surface area (Å²) in [5.74, 6) is 0.939. The third-order valence-corrected chi connectivity index (χ3v) is 2.71. The van der Waals surface area contributed by atoms with E-state index in [0.29, 0.717) is 6.61 Å². The van der Waals surface area contributed by atoms with Gasteiger partial charge in [-0.3, -0.25) is 0 Å². The second-order valence-electron chi connectivity index (χ2n) is 4.38. The average Bonchev–Trinajstić information content (AvgIpc) is 2.41. The molecule has 0 heterocycles. The molecule has 3 nitrogen and oxygen atoms in total. The molecule has 0 aliphatic carbocycles. The highest BCUT2D eigenvalue weighted by Gasteiger charge is 2.10. The van der Waals surface area contributed by atoms with Gasteiger partial charge in [0.1, 0.15) is 5.75 Å². The molecule has 0 spiro atoms. The summed E-state index contributed by atoms with van der Waals surface area (Å²) in [6, 6.07) is 8.49. The van der Waals surface area contributed by atoms with E-state index in [2.05, 4.69) is 31.3 Å². The predicted octanol–water partition coefficient (Wildman–Crippen LogP) is 3.16. The van der Waals surface area contributed by atoms with E-state index < -0.39 is 0 Å². The Morgan fingerprint density at radius 2 is 2.06 bits per heavy atom. The molecule has 0 bridgehead atoms. The van der Waals surface area contributed by atoms with Crippen LogP contribution in [0.25, 0.3) is 0 Å². The standard InChI is InChI=1S/C15H25NO2/c1-4-9-16-15(12-17-3)13-7-6-8-14(11-13)18-10-5-2/h6-8,11,15-16H,4-5,9-10,12H2,1-3H3. The zero-order valence-electron chi connectivity index (χ0n) is 11.7. The van der Waals surface area contributed by atoms with Crippen molar-refractivity contribution in [2.24, 2.45) is 0 Å². The van der Waals surface area contributed by atoms with E-state index in [1.54, 1.807) is 7.11 Å². The second kappa shape index (κ2) is 8.95. The molecule has 0 fully saturated rings. The summed E-state index contributed by atoms with van der Waals surface area (Å²) < 4.78 is 10.9. The number of benzene rings is 1. The van der Waals surface area contributed by atoms with Crippen molar-refractivity contribution in [3.63, 3.8) is 0 Å². The molecule has 102 valence electrons. The molecule has 1 N–H and O–H groups in total. The third-order valence-electron chi connectivity index (χ3n) is 2.71. The summed E-state index contributed by atoms with van der Waals surface area (Å²) in [6.07, 6.45) is 2.14. The molecule has 0 aliphatic heterocycles. The van der Waals surface area contributed by atoms with Gasteiger partial charge in [-0.2, -0.15) is 0 Å². The molecule has 0 radical (unpaired) electrons. The Labute approximate surface area is 110 Å². The topological polar surface area (TPSA) is 30.5 Å². The highest BCUT2D eigenvalue weighted by atomic mass is 16.5. The minimum atomic E-state index is 0.236. The monoisotopic (exact) mass is 251 g/mol. The minimum Gasteiger partial charge on any atom is -0.494 e. The molecular weight excluding hydrogens is 226 g/mol. The lowest BCUT2D eigenvalue weighted by atomic mass is 10.1. The molecule has 18 heavy (non-hydrogen) atoms. The van der Waals surface area contributed by atoms with Crippen LogP contribution in [0.3, 0.4) is 0 Å². The predicted molar refractivity (Wildman–Crippen MR) is 75.1 cm³/mol. The molecule has 1 aromatic carbocycles. The fourth-order valence-corrected chi connectivity index (χ4v) is 1.80. The van der Waals surface area contributed by atoms with E-state index in [-0.39, 0.29) is 6.04 Å². The molecule has 3 heteroatoms. The van der Waals surface area contributed by atoms with E-state index in [1.165, 1.54) is 5.56 Å². The first-order valence-electron chi connectivity index (χ1n) is 6.76. The number of ether oxygens (including phenoxy) is 2. The lowest BCUT2D eigenvalue weighted by Gasteiger charge is -2.18. The van der Waals surface area contributed by atoms with Crippen LogP contribution in [0, 0.1) is 0 Å². The first-order chi connectivity index (χ1) is 8.81. The Bertz CT molecular complexity index is 328. The maximum Gasteiger partial charge on any atom is 0.119 e. The van der Waals surface area contributed by atoms with Gasteiger partial charge in [-0.1, -0.05) is 26.0 Å². The third kappa shape index (κ3) is 5.07. The summed E-state index contributed by atoms with van der Waals surface area (Å²) in [7, 11) is 1.73. The van der Waals surface area contributed by atoms with E-state index in [0.717, 1.165) is 31.7 Å². The molecule has 1 unspecified atom stereocenters. The van der Waals surface area contributed by atoms with Crippen molar-refractivity contribution in [1.29, 1.82) is 0 Å². The lowest BCUT2D eigenvalue weighted by Crippen LogP contribution is -2.25. The number of hydrogen-bond donors (Lipinski definition) is 1. The average molecular weight is 251 g/mol. The van der Waals surface area contributed by atoms with Crippen molar-refractivity contribution >= 4 is 0 Å². The van der Waals surface area contributed by atoms with Gasteiger partial charge in [0, 0.05) is 7.11 Å². The summed E-state index contributed by atoms with van der Waals surface area (Å²) in [5, 5.41) is 3.49. The van der Waals surface area contributed by atoms with Gasteiger partial charge in [0.25, 0.3) is 0 Å². The first kappa shape index (κ1) is 15.0. The van der Waals surface area contributed by atoms with Gasteiger partial charge in [-0.15, -0.1) is 0 Å². The van der Waals surface area contributed by atoms with Crippen LogP contribution in [0.5, 0.6) is 5.75 Å². The second-order valence-corrected chi connectivity index (χ2v) is 4.38. The van der Waals surface area contributed by atoms with Crippen LogP contribution >= 0.6 is 0 Å². The van der Waals surface area contributed by atoms with Crippen LogP contribution < -0.4 is 10.1 Å². The maximum absolute atomic E-state index is 5.66. The van der Waals surface area contributed by atoms with E-state index in [9.17, 15) is 0 Å². The first-order valence-corrected chi connectivity index (χ1v) is 6.76. The van der Waals surface area contributed by atoms with Crippen molar-refractivity contribution in [1.82, 2.24) is 5.32 Å². The van der Waals surface area contributed by atoms with Crippen molar-refractivity contribution in [2.45, 2.75) is 32.7 Å². The molecule has 0 saturated heterocycles. The molecule has 1 atom stereocenters. The van der Waals surface area contributed by atoms with E-state index in [4.69, 9.17) is 9.47 Å². The van der Waals surface area contributed by atoms with Crippen LogP contribution in [-0.2, 0) is 4.74 Å². The quantitative estimate of drug-likeness (QED) is 0.731. The van der Waals surface area contributed by atoms with Crippen molar-refractivity contribution in [2.75, 3.05) is 26.9 Å². The maximum atomic E-state index is 5.66. The molecule has 1 rings (SSSR count). The van der Waals surface area contributed by atoms with Crippen molar-refractivity contribution in [3.05, 3.63) is 29.8 Å². The van der Waals surface area contributed by atoms with Crippen LogP contribution in [0.2, 0.25) is 0 Å². The zero-order chi connectivity index (χ0) is 13.2. The van der Waals surface area contributed by atoms with Crippen molar-refractivity contribution < 1.29 is 9.47 Å². The van der Waals surface area contributed by atoms with Crippen LogP contribution in [0.1, 0.15) is 38.3 Å². The van der Waals surface area contributed by atoms with Gasteiger partial charge in [0.15, 0.2) is 0 Å². The van der Waals surface area contributed by atoms with Gasteiger partial charge >= 0.3 is 0 Å². The number of nitrogens with one attached hydrogen (secondary N) is 1. The highest BCUT2D eigenvalue weighted by molar-refractivity contribution is 5.30. The van der Waals surface area contributed by atoms with Gasteiger partial charge < -0.3 is 14.8 Å². The van der Waals surface area contributed by atoms with Crippen LogP contribution in [-0.4, -0.2) is 26.9 Å². The minimum absolute atomic E-state index is 0.236. The molecule has 0 amide bonds. The zero-order valence-corrected chi connectivity index (χ0v) is 11.7. The number of methoxy groups -OCH3 is 1. The molecule has 0 aromatic heterocycles.